The van der Waals surface area contributed by atoms with E-state index in [2.05, 4.69) is 10.4 Å². The molecule has 146 valence electrons. The molecule has 8 heteroatoms. The topological polar surface area (TPSA) is 97.0 Å². The van der Waals surface area contributed by atoms with Gasteiger partial charge in [-0.15, -0.1) is 0 Å². The Labute approximate surface area is 162 Å². The number of hydrogen-bond donors (Lipinski definition) is 2. The molecule has 0 aliphatic carbocycles. The number of primary amides is 1. The third kappa shape index (κ3) is 4.28. The van der Waals surface area contributed by atoms with Crippen LogP contribution in [0.2, 0.25) is 0 Å². The molecule has 0 spiro atoms. The van der Waals surface area contributed by atoms with Crippen LogP contribution in [0.4, 0.5) is 10.1 Å². The van der Waals surface area contributed by atoms with Gasteiger partial charge < -0.3 is 15.8 Å². The Morgan fingerprint density at radius 1 is 1.25 bits per heavy atom. The van der Waals surface area contributed by atoms with Crippen molar-refractivity contribution in [3.8, 4) is 5.75 Å². The number of rotatable bonds is 7. The van der Waals surface area contributed by atoms with E-state index >= 15 is 0 Å². The highest BCUT2D eigenvalue weighted by atomic mass is 19.1. The van der Waals surface area contributed by atoms with Crippen molar-refractivity contribution in [1.82, 2.24) is 5.32 Å². The van der Waals surface area contributed by atoms with Crippen molar-refractivity contribution in [1.29, 1.82) is 0 Å². The molecule has 1 aliphatic heterocycles. The van der Waals surface area contributed by atoms with E-state index in [1.807, 2.05) is 24.3 Å². The van der Waals surface area contributed by atoms with Crippen molar-refractivity contribution < 1.29 is 18.7 Å². The largest absolute Gasteiger partial charge is 0.496 e. The van der Waals surface area contributed by atoms with Gasteiger partial charge in [-0.3, -0.25) is 14.6 Å². The number of carbonyl (C=O) groups excluding carboxylic acids is 2. The highest BCUT2D eigenvalue weighted by Gasteiger charge is 2.34. The number of amides is 2. The van der Waals surface area contributed by atoms with Crippen LogP contribution in [-0.2, 0) is 16.0 Å². The van der Waals surface area contributed by atoms with Crippen molar-refractivity contribution in [3.05, 3.63) is 59.9 Å². The smallest absolute Gasteiger partial charge is 0.267 e. The third-order valence-electron chi connectivity index (χ3n) is 4.46. The molecule has 0 saturated heterocycles. The van der Waals surface area contributed by atoms with E-state index in [0.29, 0.717) is 18.7 Å². The molecule has 1 unspecified atom stereocenters. The molecule has 0 bridgehead atoms. The summed E-state index contributed by atoms with van der Waals surface area (Å²) in [6.07, 6.45) is 0.678. The fourth-order valence-corrected chi connectivity index (χ4v) is 3.02. The van der Waals surface area contributed by atoms with Gasteiger partial charge >= 0.3 is 0 Å². The standard InChI is InChI=1S/C20H21FN4O3/c1-28-18-5-3-2-4-13(18)10-11-23-20(27)16-12-17(19(22)26)25(24-16)15-8-6-14(21)7-9-15/h2-9,17H,10-12H2,1H3,(H2,22,26)(H,23,27). The van der Waals surface area contributed by atoms with Gasteiger partial charge in [0, 0.05) is 13.0 Å². The lowest BCUT2D eigenvalue weighted by atomic mass is 10.1. The molecule has 7 nitrogen and oxygen atoms in total. The summed E-state index contributed by atoms with van der Waals surface area (Å²) in [5.41, 5.74) is 7.12. The van der Waals surface area contributed by atoms with Crippen LogP contribution < -0.4 is 20.8 Å². The number of nitrogens with two attached hydrogens (primary N) is 1. The summed E-state index contributed by atoms with van der Waals surface area (Å²) in [5.74, 6) is -0.626. The van der Waals surface area contributed by atoms with Gasteiger partial charge in [0.1, 0.15) is 23.3 Å². The lowest BCUT2D eigenvalue weighted by Gasteiger charge is -2.20. The fourth-order valence-electron chi connectivity index (χ4n) is 3.02. The van der Waals surface area contributed by atoms with Gasteiger partial charge in [-0.1, -0.05) is 18.2 Å². The number of nitrogens with zero attached hydrogens (tertiary/aromatic N) is 2. The molecule has 2 amide bonds. The van der Waals surface area contributed by atoms with Crippen LogP contribution in [0.5, 0.6) is 5.75 Å². The van der Waals surface area contributed by atoms with Crippen LogP contribution in [-0.4, -0.2) is 37.2 Å². The average molecular weight is 384 g/mol. The number of nitrogens with one attached hydrogen (secondary N) is 1. The van der Waals surface area contributed by atoms with E-state index < -0.39 is 17.8 Å². The molecule has 0 aromatic heterocycles. The van der Waals surface area contributed by atoms with Crippen molar-refractivity contribution >= 4 is 23.2 Å². The highest BCUT2D eigenvalue weighted by molar-refractivity contribution is 6.40. The van der Waals surface area contributed by atoms with E-state index in [4.69, 9.17) is 10.5 Å². The van der Waals surface area contributed by atoms with Crippen molar-refractivity contribution in [2.24, 2.45) is 10.8 Å². The van der Waals surface area contributed by atoms with E-state index in [1.54, 1.807) is 7.11 Å². The second-order valence-corrected chi connectivity index (χ2v) is 6.31. The molecule has 3 rings (SSSR count). The predicted octanol–water partition coefficient (Wildman–Crippen LogP) is 1.61. The molecule has 2 aromatic carbocycles. The predicted molar refractivity (Wildman–Crippen MR) is 104 cm³/mol. The number of hydrazone groups is 1. The normalized spacial score (nSPS) is 15.9. The molecule has 28 heavy (non-hydrogen) atoms. The Morgan fingerprint density at radius 2 is 1.96 bits per heavy atom. The summed E-state index contributed by atoms with van der Waals surface area (Å²) >= 11 is 0. The van der Waals surface area contributed by atoms with Gasteiger partial charge in [-0.05, 0) is 42.3 Å². The van der Waals surface area contributed by atoms with Crippen LogP contribution in [0, 0.1) is 5.82 Å². The van der Waals surface area contributed by atoms with Gasteiger partial charge in [0.15, 0.2) is 0 Å². The van der Waals surface area contributed by atoms with Crippen molar-refractivity contribution in [3.63, 3.8) is 0 Å². The summed E-state index contributed by atoms with van der Waals surface area (Å²) in [6, 6.07) is 12.3. The summed E-state index contributed by atoms with van der Waals surface area (Å²) in [5, 5.41) is 8.40. The number of methoxy groups -OCH3 is 1. The fraction of sp³-hybridized carbons (Fsp3) is 0.250. The number of benzene rings is 2. The Bertz CT molecular complexity index is 899. The summed E-state index contributed by atoms with van der Waals surface area (Å²) in [6.45, 7) is 0.385. The first-order chi connectivity index (χ1) is 13.5. The highest BCUT2D eigenvalue weighted by Crippen LogP contribution is 2.25. The van der Waals surface area contributed by atoms with Gasteiger partial charge in [0.25, 0.3) is 5.91 Å². The summed E-state index contributed by atoms with van der Waals surface area (Å²) in [7, 11) is 1.60. The SMILES string of the molecule is COc1ccccc1CCNC(=O)C1=NN(c2ccc(F)cc2)C(C(N)=O)C1. The number of anilines is 1. The Hall–Kier alpha value is -3.42. The van der Waals surface area contributed by atoms with Gasteiger partial charge in [0.05, 0.1) is 12.8 Å². The molecule has 1 heterocycles. The maximum absolute atomic E-state index is 13.1. The second-order valence-electron chi connectivity index (χ2n) is 6.31. The number of ether oxygens (including phenoxy) is 1. The lowest BCUT2D eigenvalue weighted by molar-refractivity contribution is -0.119. The molecule has 3 N–H and O–H groups in total. The number of hydrogen-bond acceptors (Lipinski definition) is 5. The van der Waals surface area contributed by atoms with Gasteiger partial charge in [-0.25, -0.2) is 4.39 Å². The minimum absolute atomic E-state index is 0.0905. The van der Waals surface area contributed by atoms with E-state index in [-0.39, 0.29) is 18.0 Å². The molecule has 1 atom stereocenters. The maximum Gasteiger partial charge on any atom is 0.267 e. The second kappa shape index (κ2) is 8.51. The number of para-hydroxylation sites is 1. The van der Waals surface area contributed by atoms with E-state index in [0.717, 1.165) is 11.3 Å². The number of carbonyl (C=O) groups is 2. The first kappa shape index (κ1) is 19.3. The third-order valence-corrected chi connectivity index (χ3v) is 4.46. The average Bonchev–Trinajstić information content (AvgIpc) is 3.15. The number of halogens is 1. The van der Waals surface area contributed by atoms with Gasteiger partial charge in [0.2, 0.25) is 5.91 Å². The van der Waals surface area contributed by atoms with Crippen LogP contribution in [0.1, 0.15) is 12.0 Å². The van der Waals surface area contributed by atoms with Crippen molar-refractivity contribution in [2.45, 2.75) is 18.9 Å². The molecule has 0 radical (unpaired) electrons. The van der Waals surface area contributed by atoms with Crippen LogP contribution in [0.3, 0.4) is 0 Å². The zero-order valence-corrected chi connectivity index (χ0v) is 15.4. The van der Waals surface area contributed by atoms with Crippen molar-refractivity contribution in [2.75, 3.05) is 18.7 Å². The first-order valence-electron chi connectivity index (χ1n) is 8.81. The Balaban J connectivity index is 1.66. The molecule has 1 aliphatic rings. The van der Waals surface area contributed by atoms with Crippen LogP contribution >= 0.6 is 0 Å². The summed E-state index contributed by atoms with van der Waals surface area (Å²) < 4.78 is 18.4. The summed E-state index contributed by atoms with van der Waals surface area (Å²) in [4.78, 5) is 24.3. The lowest BCUT2D eigenvalue weighted by Crippen LogP contribution is -2.40. The Morgan fingerprint density at radius 3 is 2.64 bits per heavy atom. The monoisotopic (exact) mass is 384 g/mol. The van der Waals surface area contributed by atoms with Crippen LogP contribution in [0.25, 0.3) is 0 Å². The van der Waals surface area contributed by atoms with Gasteiger partial charge in [-0.2, -0.15) is 5.10 Å². The Kier molecular flexibility index (Phi) is 5.88. The molecular weight excluding hydrogens is 363 g/mol. The first-order valence-corrected chi connectivity index (χ1v) is 8.81. The van der Waals surface area contributed by atoms with E-state index in [9.17, 15) is 14.0 Å². The van der Waals surface area contributed by atoms with Crippen LogP contribution in [0.15, 0.2) is 53.6 Å². The van der Waals surface area contributed by atoms with E-state index in [1.165, 1.54) is 29.3 Å². The molecule has 0 fully saturated rings. The minimum atomic E-state index is -0.791. The molecule has 0 saturated carbocycles. The molecule has 2 aromatic rings. The zero-order valence-electron chi connectivity index (χ0n) is 15.4. The zero-order chi connectivity index (χ0) is 20.1. The maximum atomic E-state index is 13.1. The quantitative estimate of drug-likeness (QED) is 0.758. The minimum Gasteiger partial charge on any atom is -0.496 e. The molecular formula is C20H21FN4O3.